The number of hydrogen-bond acceptors (Lipinski definition) is 3. The van der Waals surface area contributed by atoms with Crippen molar-refractivity contribution >= 4 is 28.7 Å². The molecule has 2 unspecified atom stereocenters. The number of amidine groups is 1. The van der Waals surface area contributed by atoms with Crippen molar-refractivity contribution in [3.8, 4) is 0 Å². The van der Waals surface area contributed by atoms with Crippen molar-refractivity contribution in [3.63, 3.8) is 0 Å². The second-order valence-corrected chi connectivity index (χ2v) is 9.35. The summed E-state index contributed by atoms with van der Waals surface area (Å²) in [6.45, 7) is 3.43. The molecule has 0 amide bonds. The normalized spacial score (nSPS) is 38.5. The van der Waals surface area contributed by atoms with E-state index in [4.69, 9.17) is 4.99 Å². The van der Waals surface area contributed by atoms with E-state index in [0.29, 0.717) is 10.3 Å². The van der Waals surface area contributed by atoms with Gasteiger partial charge in [0.2, 0.25) is 0 Å². The van der Waals surface area contributed by atoms with Gasteiger partial charge in [0, 0.05) is 16.0 Å². The van der Waals surface area contributed by atoms with E-state index in [1.54, 1.807) is 0 Å². The van der Waals surface area contributed by atoms with Crippen LogP contribution in [0.2, 0.25) is 0 Å². The summed E-state index contributed by atoms with van der Waals surface area (Å²) in [6, 6.07) is 0. The Kier molecular flexibility index (Phi) is 4.61. The third-order valence-electron chi connectivity index (χ3n) is 5.41. The summed E-state index contributed by atoms with van der Waals surface area (Å²) in [5.74, 6) is 2.12. The molecule has 2 nitrogen and oxygen atoms in total. The van der Waals surface area contributed by atoms with Gasteiger partial charge >= 0.3 is 0 Å². The summed E-state index contributed by atoms with van der Waals surface area (Å²) in [6.07, 6.45) is 13.3. The average Bonchev–Trinajstić information content (AvgIpc) is 3.05. The summed E-state index contributed by atoms with van der Waals surface area (Å²) in [4.78, 5) is 4.97. The molecule has 3 fully saturated rings. The lowest BCUT2D eigenvalue weighted by Crippen LogP contribution is -2.47. The molecule has 114 valence electrons. The first-order chi connectivity index (χ1) is 9.65. The van der Waals surface area contributed by atoms with E-state index < -0.39 is 0 Å². The number of nitrogens with zero attached hydrogens (tertiary/aromatic N) is 1. The van der Waals surface area contributed by atoms with Gasteiger partial charge in [-0.1, -0.05) is 44.4 Å². The van der Waals surface area contributed by atoms with Gasteiger partial charge in [0.25, 0.3) is 0 Å². The van der Waals surface area contributed by atoms with Crippen LogP contribution in [0, 0.1) is 5.92 Å². The molecule has 20 heavy (non-hydrogen) atoms. The van der Waals surface area contributed by atoms with Crippen molar-refractivity contribution in [3.05, 3.63) is 0 Å². The standard InChI is InChI=1S/C16H28N2S2/c1-13-6-5-7-15(10-13)12-20-14(18-15)17-11-16(19-2)8-3-4-9-16/h13H,3-12H2,1-2H3,(H,17,18). The van der Waals surface area contributed by atoms with E-state index in [0.717, 1.165) is 12.5 Å². The molecule has 2 aliphatic carbocycles. The minimum Gasteiger partial charge on any atom is -0.359 e. The van der Waals surface area contributed by atoms with E-state index in [2.05, 4.69) is 18.5 Å². The third-order valence-corrected chi connectivity index (χ3v) is 8.01. The summed E-state index contributed by atoms with van der Waals surface area (Å²) in [5, 5.41) is 5.04. The van der Waals surface area contributed by atoms with E-state index in [1.165, 1.54) is 62.3 Å². The van der Waals surface area contributed by atoms with E-state index in [1.807, 2.05) is 23.5 Å². The molecule has 1 spiro atoms. The van der Waals surface area contributed by atoms with Crippen LogP contribution < -0.4 is 5.32 Å². The molecule has 0 aromatic heterocycles. The number of thioether (sulfide) groups is 2. The van der Waals surface area contributed by atoms with Crippen LogP contribution >= 0.6 is 23.5 Å². The predicted octanol–water partition coefficient (Wildman–Crippen LogP) is 4.30. The van der Waals surface area contributed by atoms with Crippen molar-refractivity contribution in [2.75, 3.05) is 18.6 Å². The lowest BCUT2D eigenvalue weighted by atomic mass is 9.78. The first-order valence-electron chi connectivity index (χ1n) is 8.16. The highest BCUT2D eigenvalue weighted by Crippen LogP contribution is 2.42. The average molecular weight is 313 g/mol. The quantitative estimate of drug-likeness (QED) is 0.840. The minimum absolute atomic E-state index is 0.378. The largest absolute Gasteiger partial charge is 0.359 e. The fraction of sp³-hybridized carbons (Fsp3) is 0.938. The Bertz CT molecular complexity index is 377. The topological polar surface area (TPSA) is 24.4 Å². The summed E-state index contributed by atoms with van der Waals surface area (Å²) in [7, 11) is 0. The van der Waals surface area contributed by atoms with Gasteiger partial charge in [-0.05, 0) is 37.9 Å². The smallest absolute Gasteiger partial charge is 0.157 e. The molecule has 0 aromatic rings. The molecule has 3 rings (SSSR count). The van der Waals surface area contributed by atoms with Crippen LogP contribution in [-0.4, -0.2) is 34.0 Å². The first-order valence-corrected chi connectivity index (χ1v) is 10.4. The van der Waals surface area contributed by atoms with Crippen LogP contribution in [0.3, 0.4) is 0 Å². The van der Waals surface area contributed by atoms with Gasteiger partial charge in [0.15, 0.2) is 5.17 Å². The number of hydrogen-bond donors (Lipinski definition) is 1. The van der Waals surface area contributed by atoms with Crippen LogP contribution in [0.25, 0.3) is 0 Å². The van der Waals surface area contributed by atoms with Gasteiger partial charge in [0.05, 0.1) is 6.54 Å². The van der Waals surface area contributed by atoms with Crippen LogP contribution in [0.15, 0.2) is 4.99 Å². The Balaban J connectivity index is 1.60. The fourth-order valence-corrected chi connectivity index (χ4v) is 6.24. The highest BCUT2D eigenvalue weighted by Gasteiger charge is 2.40. The Hall–Kier alpha value is 0.170. The zero-order chi connectivity index (χ0) is 14.1. The third kappa shape index (κ3) is 3.16. The highest BCUT2D eigenvalue weighted by atomic mass is 32.2. The zero-order valence-corrected chi connectivity index (χ0v) is 14.5. The molecule has 1 aliphatic heterocycles. The SMILES string of the molecule is CSC1(CN=C2NC3(CCCC(C)C3)CS2)CCCC1. The van der Waals surface area contributed by atoms with Crippen molar-refractivity contribution in [2.45, 2.75) is 68.6 Å². The lowest BCUT2D eigenvalue weighted by Gasteiger charge is -2.36. The molecule has 2 atom stereocenters. The minimum atomic E-state index is 0.378. The van der Waals surface area contributed by atoms with Crippen LogP contribution in [-0.2, 0) is 0 Å². The molecule has 0 radical (unpaired) electrons. The van der Waals surface area contributed by atoms with Crippen LogP contribution in [0.5, 0.6) is 0 Å². The zero-order valence-electron chi connectivity index (χ0n) is 12.9. The molecular weight excluding hydrogens is 284 g/mol. The number of nitrogens with one attached hydrogen (secondary N) is 1. The first kappa shape index (κ1) is 15.1. The Morgan fingerprint density at radius 1 is 1.30 bits per heavy atom. The highest BCUT2D eigenvalue weighted by molar-refractivity contribution is 8.14. The molecule has 3 aliphatic rings. The van der Waals surface area contributed by atoms with Gasteiger partial charge in [-0.3, -0.25) is 4.99 Å². The van der Waals surface area contributed by atoms with Crippen molar-refractivity contribution < 1.29 is 0 Å². The van der Waals surface area contributed by atoms with E-state index in [9.17, 15) is 0 Å². The second kappa shape index (κ2) is 6.12. The predicted molar refractivity (Wildman–Crippen MR) is 93.0 cm³/mol. The van der Waals surface area contributed by atoms with Gasteiger partial charge < -0.3 is 5.32 Å². The van der Waals surface area contributed by atoms with Gasteiger partial charge in [0.1, 0.15) is 0 Å². The molecule has 0 aromatic carbocycles. The van der Waals surface area contributed by atoms with Crippen molar-refractivity contribution in [1.29, 1.82) is 0 Å². The van der Waals surface area contributed by atoms with E-state index >= 15 is 0 Å². The molecule has 1 saturated heterocycles. The molecular formula is C16H28N2S2. The number of aliphatic imine (C=N–C) groups is 1. The van der Waals surface area contributed by atoms with Gasteiger partial charge in [-0.2, -0.15) is 11.8 Å². The fourth-order valence-electron chi connectivity index (χ4n) is 4.16. The molecule has 2 saturated carbocycles. The molecule has 4 heteroatoms. The molecule has 1 heterocycles. The summed E-state index contributed by atoms with van der Waals surface area (Å²) < 4.78 is 0.449. The monoisotopic (exact) mass is 312 g/mol. The Labute approximate surface area is 132 Å². The van der Waals surface area contributed by atoms with E-state index in [-0.39, 0.29) is 0 Å². The maximum Gasteiger partial charge on any atom is 0.157 e. The Morgan fingerprint density at radius 2 is 2.10 bits per heavy atom. The van der Waals surface area contributed by atoms with Gasteiger partial charge in [-0.15, -0.1) is 0 Å². The maximum atomic E-state index is 4.97. The maximum absolute atomic E-state index is 4.97. The van der Waals surface area contributed by atoms with Gasteiger partial charge in [-0.25, -0.2) is 0 Å². The lowest BCUT2D eigenvalue weighted by molar-refractivity contribution is 0.242. The van der Waals surface area contributed by atoms with Crippen LogP contribution in [0.1, 0.15) is 58.3 Å². The van der Waals surface area contributed by atoms with Crippen molar-refractivity contribution in [2.24, 2.45) is 10.9 Å². The number of rotatable bonds is 3. The summed E-state index contributed by atoms with van der Waals surface area (Å²) >= 11 is 4.02. The molecule has 1 N–H and O–H groups in total. The van der Waals surface area contributed by atoms with Crippen LogP contribution in [0.4, 0.5) is 0 Å². The molecule has 0 bridgehead atoms. The van der Waals surface area contributed by atoms with Crippen molar-refractivity contribution in [1.82, 2.24) is 5.32 Å². The Morgan fingerprint density at radius 3 is 2.80 bits per heavy atom. The second-order valence-electron chi connectivity index (χ2n) is 7.11. The summed E-state index contributed by atoms with van der Waals surface area (Å²) in [5.41, 5.74) is 0.378.